The summed E-state index contributed by atoms with van der Waals surface area (Å²) in [6.45, 7) is 0. The van der Waals surface area contributed by atoms with Crippen molar-refractivity contribution in [2.45, 2.75) is 38.1 Å². The molecule has 1 spiro atoms. The second-order valence-corrected chi connectivity index (χ2v) is 10.9. The molecular formula is C32H28F2N2O5. The van der Waals surface area contributed by atoms with E-state index in [0.29, 0.717) is 38.6 Å². The van der Waals surface area contributed by atoms with Crippen LogP contribution in [0.25, 0.3) is 33.4 Å². The molecular weight excluding hydrogens is 530 g/mol. The maximum absolute atomic E-state index is 14.9. The number of benzene rings is 3. The number of fused-ring (bicyclic) bond motifs is 1. The second kappa shape index (κ2) is 10.1. The van der Waals surface area contributed by atoms with Crippen LogP contribution in [0.5, 0.6) is 0 Å². The number of methoxy groups -OCH3 is 1. The average molecular weight is 559 g/mol. The number of esters is 1. The number of amides is 2. The normalized spacial score (nSPS) is 15.4. The number of carbonyl (C=O) groups is 3. The van der Waals surface area contributed by atoms with E-state index in [1.807, 2.05) is 0 Å². The molecule has 0 atom stereocenters. The molecule has 9 heteroatoms. The molecule has 2 aliphatic rings. The molecule has 3 aromatic carbocycles. The summed E-state index contributed by atoms with van der Waals surface area (Å²) >= 11 is 0. The van der Waals surface area contributed by atoms with Gasteiger partial charge < -0.3 is 19.8 Å². The molecule has 0 unspecified atom stereocenters. The molecule has 2 aliphatic carbocycles. The first-order chi connectivity index (χ1) is 19.7. The van der Waals surface area contributed by atoms with Crippen molar-refractivity contribution in [1.29, 1.82) is 0 Å². The Balaban J connectivity index is 1.46. The van der Waals surface area contributed by atoms with Crippen molar-refractivity contribution in [1.82, 2.24) is 10.6 Å². The van der Waals surface area contributed by atoms with Gasteiger partial charge in [0.2, 0.25) is 0 Å². The lowest BCUT2D eigenvalue weighted by atomic mass is 9.77. The molecule has 0 saturated heterocycles. The molecule has 2 N–H and O–H groups in total. The lowest BCUT2D eigenvalue weighted by Crippen LogP contribution is -2.45. The predicted octanol–water partition coefficient (Wildman–Crippen LogP) is 5.79. The van der Waals surface area contributed by atoms with E-state index in [1.165, 1.54) is 69.5 Å². The molecule has 1 aromatic heterocycles. The van der Waals surface area contributed by atoms with Crippen LogP contribution in [0.2, 0.25) is 0 Å². The topological polar surface area (TPSA) is 97.6 Å². The molecule has 2 saturated carbocycles. The first-order valence-electron chi connectivity index (χ1n) is 13.5. The van der Waals surface area contributed by atoms with E-state index in [1.54, 1.807) is 12.1 Å². The zero-order chi connectivity index (χ0) is 28.9. The van der Waals surface area contributed by atoms with Crippen LogP contribution < -0.4 is 10.6 Å². The maximum Gasteiger partial charge on any atom is 0.310 e. The van der Waals surface area contributed by atoms with Crippen molar-refractivity contribution < 1.29 is 32.3 Å². The summed E-state index contributed by atoms with van der Waals surface area (Å²) in [7, 11) is 2.76. The smallest absolute Gasteiger partial charge is 0.310 e. The third-order valence-electron chi connectivity index (χ3n) is 8.21. The van der Waals surface area contributed by atoms with Crippen LogP contribution in [-0.4, -0.2) is 38.0 Å². The summed E-state index contributed by atoms with van der Waals surface area (Å²) < 4.78 is 39.5. The summed E-state index contributed by atoms with van der Waals surface area (Å²) in [6.07, 6.45) is 4.07. The Labute approximate surface area is 234 Å². The van der Waals surface area contributed by atoms with Crippen LogP contribution in [0.3, 0.4) is 0 Å². The van der Waals surface area contributed by atoms with Crippen molar-refractivity contribution in [3.05, 3.63) is 82.9 Å². The minimum absolute atomic E-state index is 0.0326. The van der Waals surface area contributed by atoms with Gasteiger partial charge in [-0.25, -0.2) is 8.78 Å². The number of nitrogens with one attached hydrogen (secondary N) is 2. The standard InChI is InChI=1S/C32H28F2N2O5/c1-35-31(39)28-24-14-22(18-5-8-25(34)23(11-18)30(38)36-21-15-32(16-21)9-10-32)19(13-27(37)40-2)12-26(24)41-29(28)17-3-6-20(33)7-4-17/h3-8,11-12,14,21H,9-10,13,15-16H2,1-2H3,(H,35,39)(H,36,38). The highest BCUT2D eigenvalue weighted by Gasteiger charge is 2.53. The van der Waals surface area contributed by atoms with Gasteiger partial charge in [-0.05, 0) is 96.3 Å². The van der Waals surface area contributed by atoms with Crippen molar-refractivity contribution in [3.63, 3.8) is 0 Å². The summed E-state index contributed by atoms with van der Waals surface area (Å²) in [5.74, 6) is -2.30. The number of furan rings is 1. The van der Waals surface area contributed by atoms with Gasteiger partial charge in [-0.3, -0.25) is 14.4 Å². The van der Waals surface area contributed by atoms with Gasteiger partial charge >= 0.3 is 5.97 Å². The summed E-state index contributed by atoms with van der Waals surface area (Å²) in [5, 5.41) is 6.00. The van der Waals surface area contributed by atoms with Gasteiger partial charge in [0.1, 0.15) is 23.0 Å². The van der Waals surface area contributed by atoms with Gasteiger partial charge in [-0.2, -0.15) is 0 Å². The molecule has 7 nitrogen and oxygen atoms in total. The Hall–Kier alpha value is -4.53. The number of rotatable bonds is 7. The van der Waals surface area contributed by atoms with E-state index in [0.717, 1.165) is 12.8 Å². The van der Waals surface area contributed by atoms with Crippen LogP contribution in [0.1, 0.15) is 52.0 Å². The van der Waals surface area contributed by atoms with Crippen LogP contribution >= 0.6 is 0 Å². The Morgan fingerprint density at radius 1 is 0.976 bits per heavy atom. The molecule has 2 fully saturated rings. The van der Waals surface area contributed by atoms with Gasteiger partial charge in [0, 0.05) is 24.0 Å². The number of hydrogen-bond donors (Lipinski definition) is 2. The SMILES string of the molecule is CNC(=O)c1c(-c2ccc(F)cc2)oc2cc(CC(=O)OC)c(-c3ccc(F)c(C(=O)NC4CC5(CC5)C4)c3)cc12. The monoisotopic (exact) mass is 558 g/mol. The molecule has 1 heterocycles. The van der Waals surface area contributed by atoms with Crippen LogP contribution in [0, 0.1) is 17.0 Å². The number of halogens is 2. The molecule has 0 aliphatic heterocycles. The maximum atomic E-state index is 14.9. The molecule has 4 aromatic rings. The molecule has 210 valence electrons. The van der Waals surface area contributed by atoms with Gasteiger partial charge in [0.25, 0.3) is 11.8 Å². The summed E-state index contributed by atoms with van der Waals surface area (Å²) in [5.41, 5.74) is 2.81. The fraction of sp³-hybridized carbons (Fsp3) is 0.281. The van der Waals surface area contributed by atoms with E-state index in [-0.39, 0.29) is 29.3 Å². The third-order valence-corrected chi connectivity index (χ3v) is 8.21. The highest BCUT2D eigenvalue weighted by atomic mass is 19.1. The Kier molecular flexibility index (Phi) is 6.60. The highest BCUT2D eigenvalue weighted by molar-refractivity contribution is 6.12. The van der Waals surface area contributed by atoms with E-state index >= 15 is 0 Å². The van der Waals surface area contributed by atoms with E-state index < -0.39 is 29.4 Å². The summed E-state index contributed by atoms with van der Waals surface area (Å²) in [4.78, 5) is 38.5. The van der Waals surface area contributed by atoms with Crippen molar-refractivity contribution >= 4 is 28.8 Å². The van der Waals surface area contributed by atoms with E-state index in [2.05, 4.69) is 10.6 Å². The van der Waals surface area contributed by atoms with Gasteiger partial charge in [0.15, 0.2) is 0 Å². The van der Waals surface area contributed by atoms with Crippen molar-refractivity contribution in [3.8, 4) is 22.5 Å². The van der Waals surface area contributed by atoms with Crippen molar-refractivity contribution in [2.24, 2.45) is 5.41 Å². The van der Waals surface area contributed by atoms with Gasteiger partial charge in [0.05, 0.1) is 24.7 Å². The first kappa shape index (κ1) is 26.7. The van der Waals surface area contributed by atoms with Crippen molar-refractivity contribution in [2.75, 3.05) is 14.2 Å². The fourth-order valence-corrected chi connectivity index (χ4v) is 5.79. The minimum atomic E-state index is -0.657. The fourth-order valence-electron chi connectivity index (χ4n) is 5.79. The second-order valence-electron chi connectivity index (χ2n) is 10.9. The Morgan fingerprint density at radius 2 is 1.68 bits per heavy atom. The molecule has 0 bridgehead atoms. The summed E-state index contributed by atoms with van der Waals surface area (Å²) in [6, 6.07) is 13.1. The molecule has 6 rings (SSSR count). The van der Waals surface area contributed by atoms with Crippen LogP contribution in [-0.2, 0) is 16.0 Å². The van der Waals surface area contributed by atoms with E-state index in [4.69, 9.17) is 9.15 Å². The Morgan fingerprint density at radius 3 is 2.34 bits per heavy atom. The number of carbonyl (C=O) groups excluding carboxylic acids is 3. The molecule has 2 amide bonds. The first-order valence-corrected chi connectivity index (χ1v) is 13.5. The zero-order valence-electron chi connectivity index (χ0n) is 22.6. The lowest BCUT2D eigenvalue weighted by molar-refractivity contribution is -0.139. The molecule has 0 radical (unpaired) electrons. The van der Waals surface area contributed by atoms with Gasteiger partial charge in [-0.1, -0.05) is 6.07 Å². The number of ether oxygens (including phenoxy) is 1. The zero-order valence-corrected chi connectivity index (χ0v) is 22.6. The number of hydrogen-bond acceptors (Lipinski definition) is 5. The van der Waals surface area contributed by atoms with E-state index in [9.17, 15) is 23.2 Å². The highest BCUT2D eigenvalue weighted by Crippen LogP contribution is 2.60. The predicted molar refractivity (Wildman–Crippen MR) is 148 cm³/mol. The van der Waals surface area contributed by atoms with Gasteiger partial charge in [-0.15, -0.1) is 0 Å². The minimum Gasteiger partial charge on any atom is -0.469 e. The third kappa shape index (κ3) is 4.96. The molecule has 41 heavy (non-hydrogen) atoms. The Bertz CT molecular complexity index is 1700. The average Bonchev–Trinajstić information content (AvgIpc) is 3.66. The lowest BCUT2D eigenvalue weighted by Gasteiger charge is -2.36. The largest absolute Gasteiger partial charge is 0.469 e. The quantitative estimate of drug-likeness (QED) is 0.280. The van der Waals surface area contributed by atoms with Crippen LogP contribution in [0.4, 0.5) is 8.78 Å². The van der Waals surface area contributed by atoms with Crippen LogP contribution in [0.15, 0.2) is 59.0 Å².